The summed E-state index contributed by atoms with van der Waals surface area (Å²) < 4.78 is 18.8. The van der Waals surface area contributed by atoms with Gasteiger partial charge in [-0.2, -0.15) is 0 Å². The Bertz CT molecular complexity index is 751. The maximum atomic E-state index is 13.9. The third kappa shape index (κ3) is 4.05. The minimum absolute atomic E-state index is 0.156. The number of carbonyl (C=O) groups is 2. The van der Waals surface area contributed by atoms with Gasteiger partial charge in [-0.05, 0) is 23.9 Å². The monoisotopic (exact) mass is 362 g/mol. The summed E-state index contributed by atoms with van der Waals surface area (Å²) in [6.45, 7) is 0.753. The molecule has 1 saturated heterocycles. The van der Waals surface area contributed by atoms with E-state index in [2.05, 4.69) is 5.32 Å². The van der Waals surface area contributed by atoms with Crippen molar-refractivity contribution in [2.75, 3.05) is 13.7 Å². The van der Waals surface area contributed by atoms with Gasteiger partial charge in [0.25, 0.3) is 5.91 Å². The molecule has 0 unspecified atom stereocenters. The predicted octanol–water partition coefficient (Wildman–Crippen LogP) is 2.43. The molecule has 1 aliphatic rings. The van der Waals surface area contributed by atoms with Gasteiger partial charge in [-0.15, -0.1) is 11.3 Å². The first-order chi connectivity index (χ1) is 12.1. The van der Waals surface area contributed by atoms with Gasteiger partial charge < -0.3 is 10.1 Å². The van der Waals surface area contributed by atoms with Gasteiger partial charge in [0.2, 0.25) is 0 Å². The van der Waals surface area contributed by atoms with Gasteiger partial charge in [-0.3, -0.25) is 14.5 Å². The normalized spacial score (nSPS) is 20.4. The maximum Gasteiger partial charge on any atom is 0.323 e. The molecule has 2 aromatic rings. The molecule has 1 N–H and O–H groups in total. The fourth-order valence-electron chi connectivity index (χ4n) is 3.07. The number of likely N-dealkylation sites (tertiary alicyclic amines) is 1. The lowest BCUT2D eigenvalue weighted by atomic mass is 10.1. The van der Waals surface area contributed by atoms with Gasteiger partial charge in [0.15, 0.2) is 0 Å². The lowest BCUT2D eigenvalue weighted by Gasteiger charge is -2.22. The maximum absolute atomic E-state index is 13.9. The summed E-state index contributed by atoms with van der Waals surface area (Å²) in [7, 11) is 1.33. The zero-order valence-electron chi connectivity index (χ0n) is 13.8. The molecule has 0 spiro atoms. The van der Waals surface area contributed by atoms with Crippen LogP contribution in [0.1, 0.15) is 21.7 Å². The first-order valence-electron chi connectivity index (χ1n) is 7.98. The smallest absolute Gasteiger partial charge is 0.323 e. The number of benzene rings is 1. The lowest BCUT2D eigenvalue weighted by Crippen LogP contribution is -2.37. The van der Waals surface area contributed by atoms with Crippen molar-refractivity contribution in [3.8, 4) is 0 Å². The van der Waals surface area contributed by atoms with Crippen LogP contribution in [0.5, 0.6) is 0 Å². The molecule has 0 aliphatic carbocycles. The molecule has 5 nitrogen and oxygen atoms in total. The average molecular weight is 362 g/mol. The molecule has 25 heavy (non-hydrogen) atoms. The van der Waals surface area contributed by atoms with Crippen molar-refractivity contribution in [3.63, 3.8) is 0 Å². The molecular formula is C18H19FN2O3S. The molecule has 1 amide bonds. The summed E-state index contributed by atoms with van der Waals surface area (Å²) in [6, 6.07) is 9.36. The van der Waals surface area contributed by atoms with Crippen LogP contribution in [0, 0.1) is 5.82 Å². The topological polar surface area (TPSA) is 58.6 Å². The van der Waals surface area contributed by atoms with Gasteiger partial charge in [-0.25, -0.2) is 4.39 Å². The average Bonchev–Trinajstić information content (AvgIpc) is 3.26. The minimum atomic E-state index is -0.502. The van der Waals surface area contributed by atoms with E-state index >= 15 is 0 Å². The lowest BCUT2D eigenvalue weighted by molar-refractivity contribution is -0.146. The van der Waals surface area contributed by atoms with Gasteiger partial charge in [0.05, 0.1) is 12.0 Å². The van der Waals surface area contributed by atoms with Crippen LogP contribution in [-0.4, -0.2) is 42.5 Å². The summed E-state index contributed by atoms with van der Waals surface area (Å²) >= 11 is 1.36. The largest absolute Gasteiger partial charge is 0.468 e. The molecule has 7 heteroatoms. The summed E-state index contributed by atoms with van der Waals surface area (Å²) in [5.41, 5.74) is 0.515. The van der Waals surface area contributed by atoms with E-state index in [4.69, 9.17) is 4.74 Å². The first kappa shape index (κ1) is 17.6. The van der Waals surface area contributed by atoms with E-state index in [1.165, 1.54) is 24.5 Å². The summed E-state index contributed by atoms with van der Waals surface area (Å²) in [6.07, 6.45) is 0.443. The van der Waals surface area contributed by atoms with E-state index in [-0.39, 0.29) is 30.3 Å². The van der Waals surface area contributed by atoms with Gasteiger partial charge in [0.1, 0.15) is 11.9 Å². The SMILES string of the molecule is COC(=O)[C@@H]1C[C@@H](NC(=O)c2cccs2)CN1Cc1ccccc1F. The molecule has 1 aliphatic heterocycles. The molecule has 132 valence electrons. The van der Waals surface area contributed by atoms with Crippen molar-refractivity contribution in [2.45, 2.75) is 25.0 Å². The second kappa shape index (κ2) is 7.76. The molecule has 0 saturated carbocycles. The van der Waals surface area contributed by atoms with Crippen LogP contribution in [0.4, 0.5) is 4.39 Å². The van der Waals surface area contributed by atoms with E-state index in [1.54, 1.807) is 24.3 Å². The van der Waals surface area contributed by atoms with Gasteiger partial charge in [-0.1, -0.05) is 24.3 Å². The quantitative estimate of drug-likeness (QED) is 0.830. The minimum Gasteiger partial charge on any atom is -0.468 e. The standard InChI is InChI=1S/C18H19FN2O3S/c1-24-18(23)15-9-13(20-17(22)16-7-4-8-25-16)11-21(15)10-12-5-2-3-6-14(12)19/h2-8,13,15H,9-11H2,1H3,(H,20,22)/t13-,15+/m1/s1. The molecule has 3 rings (SSSR count). The number of esters is 1. The predicted molar refractivity (Wildman–Crippen MR) is 92.8 cm³/mol. The van der Waals surface area contributed by atoms with Crippen LogP contribution in [0.3, 0.4) is 0 Å². The number of hydrogen-bond donors (Lipinski definition) is 1. The van der Waals surface area contributed by atoms with Crippen LogP contribution in [0.2, 0.25) is 0 Å². The number of thiophene rings is 1. The van der Waals surface area contributed by atoms with Gasteiger partial charge >= 0.3 is 5.97 Å². The summed E-state index contributed by atoms with van der Waals surface area (Å²) in [4.78, 5) is 26.8. The molecular weight excluding hydrogens is 343 g/mol. The Balaban J connectivity index is 1.71. The number of ether oxygens (including phenoxy) is 1. The second-order valence-corrected chi connectivity index (χ2v) is 6.89. The fraction of sp³-hybridized carbons (Fsp3) is 0.333. The number of amides is 1. The highest BCUT2D eigenvalue weighted by Crippen LogP contribution is 2.23. The highest BCUT2D eigenvalue weighted by atomic mass is 32.1. The Kier molecular flexibility index (Phi) is 5.45. The molecule has 2 heterocycles. The molecule has 0 bridgehead atoms. The summed E-state index contributed by atoms with van der Waals surface area (Å²) in [5, 5.41) is 4.79. The number of nitrogens with one attached hydrogen (secondary N) is 1. The Morgan fingerprint density at radius 3 is 2.80 bits per heavy atom. The van der Waals surface area contributed by atoms with Crippen molar-refractivity contribution in [1.29, 1.82) is 0 Å². The Morgan fingerprint density at radius 1 is 1.32 bits per heavy atom. The van der Waals surface area contributed by atoms with Crippen LogP contribution in [0.15, 0.2) is 41.8 Å². The van der Waals surface area contributed by atoms with E-state index in [0.29, 0.717) is 23.4 Å². The third-order valence-electron chi connectivity index (χ3n) is 4.29. The van der Waals surface area contributed by atoms with E-state index in [1.807, 2.05) is 16.3 Å². The van der Waals surface area contributed by atoms with Crippen molar-refractivity contribution in [3.05, 3.63) is 58.0 Å². The van der Waals surface area contributed by atoms with Crippen molar-refractivity contribution in [1.82, 2.24) is 10.2 Å². The molecule has 2 atom stereocenters. The van der Waals surface area contributed by atoms with Crippen LogP contribution in [-0.2, 0) is 16.1 Å². The molecule has 1 fully saturated rings. The van der Waals surface area contributed by atoms with E-state index in [9.17, 15) is 14.0 Å². The van der Waals surface area contributed by atoms with Crippen LogP contribution in [0.25, 0.3) is 0 Å². The van der Waals surface area contributed by atoms with Crippen LogP contribution >= 0.6 is 11.3 Å². The zero-order chi connectivity index (χ0) is 17.8. The number of methoxy groups -OCH3 is 1. The Morgan fingerprint density at radius 2 is 2.12 bits per heavy atom. The molecule has 0 radical (unpaired) electrons. The third-order valence-corrected chi connectivity index (χ3v) is 5.16. The highest BCUT2D eigenvalue weighted by molar-refractivity contribution is 7.12. The Hall–Kier alpha value is -2.25. The van der Waals surface area contributed by atoms with Crippen molar-refractivity contribution in [2.24, 2.45) is 0 Å². The van der Waals surface area contributed by atoms with Gasteiger partial charge in [0, 0.05) is 24.7 Å². The highest BCUT2D eigenvalue weighted by Gasteiger charge is 2.38. The fourth-order valence-corrected chi connectivity index (χ4v) is 3.70. The van der Waals surface area contributed by atoms with Crippen molar-refractivity contribution < 1.29 is 18.7 Å². The molecule has 1 aromatic heterocycles. The Labute approximate surface area is 149 Å². The second-order valence-electron chi connectivity index (χ2n) is 5.94. The number of rotatable bonds is 5. The number of halogens is 1. The van der Waals surface area contributed by atoms with Crippen molar-refractivity contribution >= 4 is 23.2 Å². The first-order valence-corrected chi connectivity index (χ1v) is 8.86. The zero-order valence-corrected chi connectivity index (χ0v) is 14.6. The number of carbonyl (C=O) groups excluding carboxylic acids is 2. The summed E-state index contributed by atoms with van der Waals surface area (Å²) in [5.74, 6) is -0.835. The molecule has 1 aromatic carbocycles. The van der Waals surface area contributed by atoms with E-state index < -0.39 is 6.04 Å². The van der Waals surface area contributed by atoms with Crippen LogP contribution < -0.4 is 5.32 Å². The number of hydrogen-bond acceptors (Lipinski definition) is 5. The van der Waals surface area contributed by atoms with E-state index in [0.717, 1.165) is 0 Å². The number of nitrogens with zero attached hydrogens (tertiary/aromatic N) is 1.